The number of aromatic nitrogens is 1. The number of hydrogen-bond donors (Lipinski definition) is 2. The Kier molecular flexibility index (Phi) is 4.60. The summed E-state index contributed by atoms with van der Waals surface area (Å²) >= 11 is 0. The molecule has 5 rings (SSSR count). The van der Waals surface area contributed by atoms with Gasteiger partial charge in [0.15, 0.2) is 11.4 Å². The van der Waals surface area contributed by atoms with Crippen LogP contribution in [0.25, 0.3) is 0 Å². The molecule has 174 valence electrons. The van der Waals surface area contributed by atoms with Gasteiger partial charge < -0.3 is 19.9 Å². The lowest BCUT2D eigenvalue weighted by Crippen LogP contribution is -2.56. The van der Waals surface area contributed by atoms with E-state index < -0.39 is 82.6 Å². The molecule has 2 aromatic rings. The van der Waals surface area contributed by atoms with E-state index in [1.165, 1.54) is 11.8 Å². The molecular formula is C22H19F4N3O4. The van der Waals surface area contributed by atoms with Crippen LogP contribution in [0.4, 0.5) is 17.6 Å². The molecule has 1 aromatic heterocycles. The summed E-state index contributed by atoms with van der Waals surface area (Å²) in [4.78, 5) is 39.5. The Balaban J connectivity index is 1.45. The van der Waals surface area contributed by atoms with Crippen molar-refractivity contribution in [3.63, 3.8) is 0 Å². The molecule has 2 N–H and O–H groups in total. The van der Waals surface area contributed by atoms with E-state index in [-0.39, 0.29) is 18.7 Å². The molecule has 11 heteroatoms. The lowest BCUT2D eigenvalue weighted by atomic mass is 9.92. The van der Waals surface area contributed by atoms with Gasteiger partial charge in [-0.05, 0) is 31.0 Å². The van der Waals surface area contributed by atoms with Crippen molar-refractivity contribution < 1.29 is 32.3 Å². The molecule has 0 radical (unpaired) electrons. The Bertz CT molecular complexity index is 1250. The lowest BCUT2D eigenvalue weighted by Gasteiger charge is -2.42. The van der Waals surface area contributed by atoms with Crippen molar-refractivity contribution in [2.24, 2.45) is 5.92 Å². The third-order valence-electron chi connectivity index (χ3n) is 6.82. The Morgan fingerprint density at radius 2 is 1.91 bits per heavy atom. The first-order valence-electron chi connectivity index (χ1n) is 10.4. The first-order chi connectivity index (χ1) is 15.5. The molecule has 1 saturated carbocycles. The first-order valence-corrected chi connectivity index (χ1v) is 10.4. The van der Waals surface area contributed by atoms with Gasteiger partial charge in [-0.15, -0.1) is 0 Å². The van der Waals surface area contributed by atoms with Gasteiger partial charge in [0.25, 0.3) is 17.7 Å². The monoisotopic (exact) mass is 465 g/mol. The summed E-state index contributed by atoms with van der Waals surface area (Å²) in [6, 6.07) is 0.680. The molecule has 2 fully saturated rings. The fraction of sp³-hybridized carbons (Fsp3) is 0.409. The standard InChI is InChI=1S/C22H19F4N3O4/c1-9-2-14(23)11(15(24)3-9)6-27-20(32)12-7-28-8-16-13-4-10(5-22(13,25)26)29(16)21(33)17(28)19(31)18(12)30/h2-3,7,10,13,16,31H,4-6,8H2,1H3,(H,27,32)/t10-,13?,16+/m1/s1. The Morgan fingerprint density at radius 1 is 1.24 bits per heavy atom. The maximum Gasteiger partial charge on any atom is 0.275 e. The summed E-state index contributed by atoms with van der Waals surface area (Å²) in [7, 11) is 0. The van der Waals surface area contributed by atoms with Crippen LogP contribution < -0.4 is 10.7 Å². The number of nitrogens with one attached hydrogen (secondary N) is 1. The molecule has 3 aliphatic rings. The van der Waals surface area contributed by atoms with Gasteiger partial charge in [-0.25, -0.2) is 17.6 Å². The average molecular weight is 465 g/mol. The second-order valence-corrected chi connectivity index (χ2v) is 8.85. The van der Waals surface area contributed by atoms with Crippen LogP contribution in [0.5, 0.6) is 5.75 Å². The van der Waals surface area contributed by atoms with E-state index in [4.69, 9.17) is 0 Å². The summed E-state index contributed by atoms with van der Waals surface area (Å²) in [6.45, 7) is 0.816. The molecule has 0 spiro atoms. The number of rotatable bonds is 3. The number of nitrogens with zero attached hydrogens (tertiary/aromatic N) is 2. The predicted octanol–water partition coefficient (Wildman–Crippen LogP) is 2.32. The minimum absolute atomic E-state index is 0.118. The molecule has 3 atom stereocenters. The summed E-state index contributed by atoms with van der Waals surface area (Å²) in [5, 5.41) is 12.6. The van der Waals surface area contributed by atoms with Gasteiger partial charge in [-0.3, -0.25) is 14.4 Å². The van der Waals surface area contributed by atoms with Crippen LogP contribution in [0.15, 0.2) is 23.1 Å². The number of carbonyl (C=O) groups excluding carboxylic acids is 2. The highest BCUT2D eigenvalue weighted by atomic mass is 19.3. The fourth-order valence-electron chi connectivity index (χ4n) is 5.33. The quantitative estimate of drug-likeness (QED) is 0.681. The maximum atomic E-state index is 14.2. The number of pyridine rings is 1. The van der Waals surface area contributed by atoms with Crippen molar-refractivity contribution >= 4 is 11.8 Å². The highest BCUT2D eigenvalue weighted by Crippen LogP contribution is 2.53. The van der Waals surface area contributed by atoms with E-state index in [1.807, 2.05) is 0 Å². The number of alkyl halides is 2. The van der Waals surface area contributed by atoms with Crippen LogP contribution in [-0.4, -0.2) is 44.4 Å². The Hall–Kier alpha value is -3.37. The molecule has 1 aromatic carbocycles. The number of amides is 2. The number of aromatic hydroxyl groups is 1. The topological polar surface area (TPSA) is 91.6 Å². The van der Waals surface area contributed by atoms with Crippen LogP contribution >= 0.6 is 0 Å². The minimum Gasteiger partial charge on any atom is -0.503 e. The first kappa shape index (κ1) is 21.5. The zero-order valence-electron chi connectivity index (χ0n) is 17.4. The molecule has 2 bridgehead atoms. The zero-order valence-corrected chi connectivity index (χ0v) is 17.4. The molecule has 1 aliphatic carbocycles. The average Bonchev–Trinajstić information content (AvgIpc) is 3.23. The number of fused-ring (bicyclic) bond motifs is 6. The number of halogens is 4. The molecule has 2 amide bonds. The smallest absolute Gasteiger partial charge is 0.275 e. The van der Waals surface area contributed by atoms with Crippen molar-refractivity contribution in [3.05, 3.63) is 62.6 Å². The van der Waals surface area contributed by atoms with Gasteiger partial charge in [0.2, 0.25) is 5.43 Å². The van der Waals surface area contributed by atoms with Crippen molar-refractivity contribution in [2.75, 3.05) is 0 Å². The van der Waals surface area contributed by atoms with Crippen LogP contribution in [0.2, 0.25) is 0 Å². The van der Waals surface area contributed by atoms with Crippen molar-refractivity contribution in [3.8, 4) is 5.75 Å². The predicted molar refractivity (Wildman–Crippen MR) is 106 cm³/mol. The van der Waals surface area contributed by atoms with Crippen molar-refractivity contribution in [1.82, 2.24) is 14.8 Å². The molecular weight excluding hydrogens is 446 g/mol. The third kappa shape index (κ3) is 3.12. The molecule has 3 heterocycles. The summed E-state index contributed by atoms with van der Waals surface area (Å²) in [5.41, 5.74) is -2.13. The highest BCUT2D eigenvalue weighted by Gasteiger charge is 2.63. The summed E-state index contributed by atoms with van der Waals surface area (Å²) < 4.78 is 57.7. The lowest BCUT2D eigenvalue weighted by molar-refractivity contribution is -0.0887. The van der Waals surface area contributed by atoms with Crippen LogP contribution in [0.3, 0.4) is 0 Å². The van der Waals surface area contributed by atoms with Gasteiger partial charge in [0.05, 0.1) is 6.04 Å². The second kappa shape index (κ2) is 7.06. The molecule has 7 nitrogen and oxygen atoms in total. The third-order valence-corrected chi connectivity index (χ3v) is 6.82. The summed E-state index contributed by atoms with van der Waals surface area (Å²) in [5.74, 6) is -8.45. The van der Waals surface area contributed by atoms with E-state index in [0.29, 0.717) is 5.56 Å². The van der Waals surface area contributed by atoms with E-state index in [1.54, 1.807) is 0 Å². The normalized spacial score (nSPS) is 24.6. The van der Waals surface area contributed by atoms with Crippen LogP contribution in [0.1, 0.15) is 44.8 Å². The van der Waals surface area contributed by atoms with Gasteiger partial charge in [0, 0.05) is 43.2 Å². The minimum atomic E-state index is -2.92. The van der Waals surface area contributed by atoms with Gasteiger partial charge in [0.1, 0.15) is 17.2 Å². The molecule has 1 unspecified atom stereocenters. The number of benzene rings is 1. The molecule has 1 saturated heterocycles. The van der Waals surface area contributed by atoms with Gasteiger partial charge in [-0.1, -0.05) is 0 Å². The van der Waals surface area contributed by atoms with Crippen LogP contribution in [0, 0.1) is 24.5 Å². The Morgan fingerprint density at radius 3 is 2.58 bits per heavy atom. The van der Waals surface area contributed by atoms with Crippen LogP contribution in [-0.2, 0) is 13.1 Å². The largest absolute Gasteiger partial charge is 0.503 e. The second-order valence-electron chi connectivity index (χ2n) is 8.85. The number of carbonyl (C=O) groups is 2. The number of piperidine rings is 1. The van der Waals surface area contributed by atoms with Gasteiger partial charge >= 0.3 is 0 Å². The summed E-state index contributed by atoms with van der Waals surface area (Å²) in [6.07, 6.45) is 0.690. The zero-order chi connectivity index (χ0) is 23.8. The van der Waals surface area contributed by atoms with Crippen molar-refractivity contribution in [2.45, 2.75) is 50.9 Å². The Labute approximate surface area is 184 Å². The number of hydrogen-bond acceptors (Lipinski definition) is 4. The van der Waals surface area contributed by atoms with Crippen molar-refractivity contribution in [1.29, 1.82) is 0 Å². The highest BCUT2D eigenvalue weighted by molar-refractivity contribution is 5.99. The molecule has 2 aliphatic heterocycles. The van der Waals surface area contributed by atoms with Gasteiger partial charge in [-0.2, -0.15) is 0 Å². The van der Waals surface area contributed by atoms with E-state index >= 15 is 0 Å². The molecule has 33 heavy (non-hydrogen) atoms. The van der Waals surface area contributed by atoms with E-state index in [9.17, 15) is 37.1 Å². The maximum absolute atomic E-state index is 14.2. The van der Waals surface area contributed by atoms with E-state index in [0.717, 1.165) is 22.9 Å². The SMILES string of the molecule is Cc1cc(F)c(CNC(=O)c2cn3c(c(O)c2=O)C(=O)N2[C@@H]4CC([C@@H]2C3)C(F)(F)C4)c(F)c1. The number of aryl methyl sites for hydroxylation is 1. The fourth-order valence-corrected chi connectivity index (χ4v) is 5.33. The van der Waals surface area contributed by atoms with E-state index in [2.05, 4.69) is 5.32 Å².